The zero-order valence-corrected chi connectivity index (χ0v) is 15.4. The smallest absolute Gasteiger partial charge is 0.253 e. The molecular formula is C20H30N2O3. The molecule has 0 spiro atoms. The summed E-state index contributed by atoms with van der Waals surface area (Å²) in [6.45, 7) is 7.85. The van der Waals surface area contributed by atoms with Crippen LogP contribution in [0.4, 0.5) is 0 Å². The van der Waals surface area contributed by atoms with Crippen molar-refractivity contribution in [1.29, 1.82) is 0 Å². The third-order valence-corrected chi connectivity index (χ3v) is 5.28. The topological polar surface area (TPSA) is 50.8 Å². The minimum atomic E-state index is 0.0989. The van der Waals surface area contributed by atoms with Gasteiger partial charge in [0.1, 0.15) is 0 Å². The first-order chi connectivity index (χ1) is 12.2. The summed E-state index contributed by atoms with van der Waals surface area (Å²) in [5.74, 6) is 2.17. The Balaban J connectivity index is 1.63. The Morgan fingerprint density at radius 1 is 1.12 bits per heavy atom. The Morgan fingerprint density at radius 2 is 1.84 bits per heavy atom. The van der Waals surface area contributed by atoms with Crippen molar-refractivity contribution in [3.8, 4) is 11.5 Å². The largest absolute Gasteiger partial charge is 0.490 e. The summed E-state index contributed by atoms with van der Waals surface area (Å²) >= 11 is 0. The number of hydrogen-bond acceptors (Lipinski definition) is 4. The van der Waals surface area contributed by atoms with Gasteiger partial charge in [-0.3, -0.25) is 4.79 Å². The quantitative estimate of drug-likeness (QED) is 0.860. The van der Waals surface area contributed by atoms with Gasteiger partial charge >= 0.3 is 0 Å². The van der Waals surface area contributed by atoms with Crippen LogP contribution >= 0.6 is 0 Å². The Kier molecular flexibility index (Phi) is 6.19. The molecule has 5 nitrogen and oxygen atoms in total. The molecule has 1 unspecified atom stereocenters. The number of benzene rings is 1. The molecule has 2 aliphatic rings. The first-order valence-electron chi connectivity index (χ1n) is 9.65. The predicted octanol–water partition coefficient (Wildman–Crippen LogP) is 3.09. The number of hydrogen-bond donors (Lipinski definition) is 1. The van der Waals surface area contributed by atoms with Crippen molar-refractivity contribution in [1.82, 2.24) is 10.2 Å². The van der Waals surface area contributed by atoms with Crippen LogP contribution in [0.25, 0.3) is 0 Å². The normalized spacial score (nSPS) is 21.4. The fourth-order valence-corrected chi connectivity index (χ4v) is 3.99. The summed E-state index contributed by atoms with van der Waals surface area (Å²) in [7, 11) is 0. The van der Waals surface area contributed by atoms with E-state index in [0.717, 1.165) is 32.5 Å². The van der Waals surface area contributed by atoms with Crippen molar-refractivity contribution >= 4 is 5.91 Å². The van der Waals surface area contributed by atoms with Gasteiger partial charge in [-0.15, -0.1) is 0 Å². The van der Waals surface area contributed by atoms with Crippen LogP contribution < -0.4 is 14.8 Å². The molecule has 5 heteroatoms. The molecule has 0 radical (unpaired) electrons. The monoisotopic (exact) mass is 346 g/mol. The maximum absolute atomic E-state index is 12.9. The number of ether oxygens (including phenoxy) is 2. The van der Waals surface area contributed by atoms with Crippen molar-refractivity contribution in [2.45, 2.75) is 45.6 Å². The molecular weight excluding hydrogens is 316 g/mol. The second-order valence-electron chi connectivity index (χ2n) is 6.86. The molecule has 2 aliphatic heterocycles. The van der Waals surface area contributed by atoms with Crippen molar-refractivity contribution in [3.05, 3.63) is 23.8 Å². The molecule has 0 aromatic heterocycles. The minimum absolute atomic E-state index is 0.0989. The molecule has 1 amide bonds. The highest BCUT2D eigenvalue weighted by Crippen LogP contribution is 2.30. The van der Waals surface area contributed by atoms with Gasteiger partial charge in [-0.05, 0) is 70.2 Å². The molecule has 3 rings (SSSR count). The number of nitrogens with zero attached hydrogens (tertiary/aromatic N) is 1. The zero-order chi connectivity index (χ0) is 17.6. The number of likely N-dealkylation sites (tertiary alicyclic amines) is 1. The van der Waals surface area contributed by atoms with Crippen LogP contribution in [0.15, 0.2) is 18.2 Å². The van der Waals surface area contributed by atoms with Gasteiger partial charge in [-0.1, -0.05) is 0 Å². The van der Waals surface area contributed by atoms with Gasteiger partial charge in [0, 0.05) is 24.7 Å². The van der Waals surface area contributed by atoms with Crippen LogP contribution in [-0.2, 0) is 0 Å². The summed E-state index contributed by atoms with van der Waals surface area (Å²) in [6.07, 6.45) is 4.77. The minimum Gasteiger partial charge on any atom is -0.490 e. The van der Waals surface area contributed by atoms with Gasteiger partial charge in [0.2, 0.25) is 0 Å². The van der Waals surface area contributed by atoms with Crippen molar-refractivity contribution in [3.63, 3.8) is 0 Å². The third kappa shape index (κ3) is 4.27. The average Bonchev–Trinajstić information content (AvgIpc) is 3.18. The van der Waals surface area contributed by atoms with Crippen LogP contribution in [-0.4, -0.2) is 49.7 Å². The average molecular weight is 346 g/mol. The lowest BCUT2D eigenvalue weighted by Crippen LogP contribution is -2.43. The van der Waals surface area contributed by atoms with E-state index >= 15 is 0 Å². The molecule has 0 saturated carbocycles. The van der Waals surface area contributed by atoms with E-state index in [-0.39, 0.29) is 5.91 Å². The van der Waals surface area contributed by atoms with E-state index in [1.54, 1.807) is 0 Å². The maximum Gasteiger partial charge on any atom is 0.253 e. The number of piperidine rings is 1. The Hall–Kier alpha value is -1.75. The lowest BCUT2D eigenvalue weighted by molar-refractivity contribution is 0.0674. The number of amides is 1. The van der Waals surface area contributed by atoms with E-state index in [9.17, 15) is 4.79 Å². The van der Waals surface area contributed by atoms with E-state index in [4.69, 9.17) is 9.47 Å². The van der Waals surface area contributed by atoms with Crippen LogP contribution in [0.5, 0.6) is 11.5 Å². The number of carbonyl (C=O) groups excluding carboxylic acids is 1. The molecule has 0 bridgehead atoms. The Bertz CT molecular complexity index is 576. The van der Waals surface area contributed by atoms with E-state index < -0.39 is 0 Å². The standard InChI is InChI=1S/C20H30N2O3/c1-3-24-18-8-7-16(14-19(18)25-4-2)20(23)22-12-9-15(10-13-22)17-6-5-11-21-17/h7-8,14-15,17,21H,3-6,9-13H2,1-2H3. The molecule has 2 saturated heterocycles. The molecule has 25 heavy (non-hydrogen) atoms. The number of carbonyl (C=O) groups is 1. The highest BCUT2D eigenvalue weighted by molar-refractivity contribution is 5.95. The Labute approximate surface area is 150 Å². The van der Waals surface area contributed by atoms with Gasteiger partial charge < -0.3 is 19.7 Å². The van der Waals surface area contributed by atoms with E-state index in [2.05, 4.69) is 5.32 Å². The highest BCUT2D eigenvalue weighted by atomic mass is 16.5. The van der Waals surface area contributed by atoms with E-state index in [1.165, 1.54) is 12.8 Å². The third-order valence-electron chi connectivity index (χ3n) is 5.28. The van der Waals surface area contributed by atoms with Gasteiger partial charge in [0.25, 0.3) is 5.91 Å². The molecule has 1 N–H and O–H groups in total. The summed E-state index contributed by atoms with van der Waals surface area (Å²) < 4.78 is 11.2. The molecule has 138 valence electrons. The second-order valence-corrected chi connectivity index (χ2v) is 6.86. The summed E-state index contributed by atoms with van der Waals surface area (Å²) in [5, 5.41) is 3.61. The van der Waals surface area contributed by atoms with Crippen molar-refractivity contribution < 1.29 is 14.3 Å². The lowest BCUT2D eigenvalue weighted by Gasteiger charge is -2.35. The summed E-state index contributed by atoms with van der Waals surface area (Å²) in [4.78, 5) is 14.9. The van der Waals surface area contributed by atoms with E-state index in [1.807, 2.05) is 36.9 Å². The SMILES string of the molecule is CCOc1ccc(C(=O)N2CCC(C3CCCN3)CC2)cc1OCC. The van der Waals surface area contributed by atoms with Gasteiger partial charge in [-0.2, -0.15) is 0 Å². The van der Waals surface area contributed by atoms with Crippen LogP contribution in [0.3, 0.4) is 0 Å². The molecule has 0 aliphatic carbocycles. The fourth-order valence-electron chi connectivity index (χ4n) is 3.99. The molecule has 1 aromatic carbocycles. The number of nitrogens with one attached hydrogen (secondary N) is 1. The maximum atomic E-state index is 12.9. The molecule has 1 aromatic rings. The van der Waals surface area contributed by atoms with Gasteiger partial charge in [0.15, 0.2) is 11.5 Å². The van der Waals surface area contributed by atoms with Crippen molar-refractivity contribution in [2.75, 3.05) is 32.8 Å². The summed E-state index contributed by atoms with van der Waals surface area (Å²) in [6, 6.07) is 6.17. The molecule has 2 heterocycles. The van der Waals surface area contributed by atoms with Gasteiger partial charge in [-0.25, -0.2) is 0 Å². The Morgan fingerprint density at radius 3 is 2.48 bits per heavy atom. The van der Waals surface area contributed by atoms with Crippen LogP contribution in [0, 0.1) is 5.92 Å². The van der Waals surface area contributed by atoms with Gasteiger partial charge in [0.05, 0.1) is 13.2 Å². The second kappa shape index (κ2) is 8.56. The molecule has 2 fully saturated rings. The van der Waals surface area contributed by atoms with Crippen LogP contribution in [0.2, 0.25) is 0 Å². The highest BCUT2D eigenvalue weighted by Gasteiger charge is 2.30. The van der Waals surface area contributed by atoms with Crippen LogP contribution in [0.1, 0.15) is 49.9 Å². The number of rotatable bonds is 6. The summed E-state index contributed by atoms with van der Waals surface area (Å²) in [5.41, 5.74) is 0.685. The van der Waals surface area contributed by atoms with E-state index in [0.29, 0.717) is 42.2 Å². The van der Waals surface area contributed by atoms with Crippen molar-refractivity contribution in [2.24, 2.45) is 5.92 Å². The predicted molar refractivity (Wildman–Crippen MR) is 98.4 cm³/mol. The lowest BCUT2D eigenvalue weighted by atomic mass is 9.88. The first kappa shape index (κ1) is 18.1. The zero-order valence-electron chi connectivity index (χ0n) is 15.4. The first-order valence-corrected chi connectivity index (χ1v) is 9.65. The fraction of sp³-hybridized carbons (Fsp3) is 0.650. The molecule has 1 atom stereocenters.